The zero-order valence-corrected chi connectivity index (χ0v) is 19.2. The normalized spacial score (nSPS) is 15.1. The number of carbonyl (C=O) groups excluding carboxylic acids is 2. The first kappa shape index (κ1) is 21.8. The number of thiazole rings is 1. The third kappa shape index (κ3) is 5.62. The predicted molar refractivity (Wildman–Crippen MR) is 128 cm³/mol. The van der Waals surface area contributed by atoms with Gasteiger partial charge in [-0.15, -0.1) is 11.3 Å². The van der Waals surface area contributed by atoms with Gasteiger partial charge in [0.1, 0.15) is 10.1 Å². The summed E-state index contributed by atoms with van der Waals surface area (Å²) < 4.78 is 5.67. The molecule has 1 saturated heterocycles. The van der Waals surface area contributed by atoms with E-state index in [4.69, 9.17) is 28.2 Å². The number of furan rings is 1. The minimum absolute atomic E-state index is 0.118. The highest BCUT2D eigenvalue weighted by molar-refractivity contribution is 8.26. The molecule has 0 spiro atoms. The molecule has 31 heavy (non-hydrogen) atoms. The largest absolute Gasteiger partial charge is 0.465 e. The minimum Gasteiger partial charge on any atom is -0.465 e. The molecule has 2 amide bonds. The zero-order chi connectivity index (χ0) is 21.8. The van der Waals surface area contributed by atoms with Crippen LogP contribution in [0.5, 0.6) is 0 Å². The molecule has 10 heteroatoms. The van der Waals surface area contributed by atoms with Crippen LogP contribution in [0.15, 0.2) is 58.2 Å². The third-order valence-electron chi connectivity index (χ3n) is 4.34. The smallest absolute Gasteiger partial charge is 0.266 e. The van der Waals surface area contributed by atoms with Gasteiger partial charge < -0.3 is 9.73 Å². The van der Waals surface area contributed by atoms with Crippen LogP contribution in [0.3, 0.4) is 0 Å². The molecule has 0 bridgehead atoms. The SMILES string of the molecule is O=C(CCN1C(=O)C(=Cc2ccco2)SC1=S)Nc1ncc(Cc2ccc(Cl)cc2)s1. The molecular formula is C21H16ClN3O3S3. The van der Waals surface area contributed by atoms with Gasteiger partial charge in [0.15, 0.2) is 5.13 Å². The Kier molecular flexibility index (Phi) is 6.86. The number of thioether (sulfide) groups is 1. The second-order valence-corrected chi connectivity index (χ2v) is 9.81. The quantitative estimate of drug-likeness (QED) is 0.362. The number of carbonyl (C=O) groups is 2. The van der Waals surface area contributed by atoms with E-state index in [-0.39, 0.29) is 24.8 Å². The lowest BCUT2D eigenvalue weighted by molar-refractivity contribution is -0.122. The Labute approximate surface area is 197 Å². The van der Waals surface area contributed by atoms with Crippen LogP contribution >= 0.6 is 46.9 Å². The van der Waals surface area contributed by atoms with E-state index in [1.54, 1.807) is 24.4 Å². The standard InChI is InChI=1S/C21H16ClN3O3S3/c22-14-5-3-13(4-6-14)10-16-12-23-20(30-16)24-18(26)7-8-25-19(27)17(31-21(25)29)11-15-2-1-9-28-15/h1-6,9,11-12H,7-8,10H2,(H,23,24,26). The average molecular weight is 490 g/mol. The highest BCUT2D eigenvalue weighted by Crippen LogP contribution is 2.32. The van der Waals surface area contributed by atoms with Gasteiger partial charge in [0, 0.05) is 41.6 Å². The number of halogens is 1. The topological polar surface area (TPSA) is 75.4 Å². The van der Waals surface area contributed by atoms with E-state index >= 15 is 0 Å². The highest BCUT2D eigenvalue weighted by atomic mass is 35.5. The molecule has 0 saturated carbocycles. The fourth-order valence-electron chi connectivity index (χ4n) is 2.84. The summed E-state index contributed by atoms with van der Waals surface area (Å²) in [5, 5.41) is 4.01. The van der Waals surface area contributed by atoms with Crippen molar-refractivity contribution in [2.24, 2.45) is 0 Å². The van der Waals surface area contributed by atoms with Gasteiger partial charge in [-0.1, -0.05) is 47.7 Å². The number of amides is 2. The van der Waals surface area contributed by atoms with Crippen LogP contribution < -0.4 is 5.32 Å². The van der Waals surface area contributed by atoms with Crippen LogP contribution in [0.25, 0.3) is 6.08 Å². The molecule has 1 aromatic carbocycles. The second kappa shape index (κ2) is 9.78. The molecule has 2 aromatic heterocycles. The van der Waals surface area contributed by atoms with Crippen molar-refractivity contribution >= 4 is 74.3 Å². The third-order valence-corrected chi connectivity index (χ3v) is 6.89. The van der Waals surface area contributed by atoms with Gasteiger partial charge in [-0.25, -0.2) is 4.98 Å². The molecule has 0 aliphatic carbocycles. The summed E-state index contributed by atoms with van der Waals surface area (Å²) in [4.78, 5) is 32.1. The zero-order valence-electron chi connectivity index (χ0n) is 16.0. The molecule has 0 atom stereocenters. The highest BCUT2D eigenvalue weighted by Gasteiger charge is 2.32. The van der Waals surface area contributed by atoms with Crippen LogP contribution in [0.1, 0.15) is 22.6 Å². The first-order valence-electron chi connectivity index (χ1n) is 9.26. The lowest BCUT2D eigenvalue weighted by Crippen LogP contribution is -2.31. The van der Waals surface area contributed by atoms with E-state index in [9.17, 15) is 9.59 Å². The van der Waals surface area contributed by atoms with Crippen molar-refractivity contribution in [2.45, 2.75) is 12.8 Å². The maximum absolute atomic E-state index is 12.6. The molecule has 6 nitrogen and oxygen atoms in total. The van der Waals surface area contributed by atoms with Gasteiger partial charge in [0.25, 0.3) is 5.91 Å². The summed E-state index contributed by atoms with van der Waals surface area (Å²) in [6.45, 7) is 0.203. The van der Waals surface area contributed by atoms with Crippen molar-refractivity contribution in [1.82, 2.24) is 9.88 Å². The van der Waals surface area contributed by atoms with Crippen LogP contribution in [-0.4, -0.2) is 32.6 Å². The van der Waals surface area contributed by atoms with Gasteiger partial charge in [-0.05, 0) is 29.8 Å². The monoisotopic (exact) mass is 489 g/mol. The Balaban J connectivity index is 1.29. The number of nitrogens with one attached hydrogen (secondary N) is 1. The summed E-state index contributed by atoms with van der Waals surface area (Å²) >= 11 is 13.8. The Morgan fingerprint density at radius 2 is 2.10 bits per heavy atom. The lowest BCUT2D eigenvalue weighted by atomic mass is 10.1. The molecule has 0 unspecified atom stereocenters. The van der Waals surface area contributed by atoms with Gasteiger partial charge in [-0.3, -0.25) is 14.5 Å². The lowest BCUT2D eigenvalue weighted by Gasteiger charge is -2.13. The summed E-state index contributed by atoms with van der Waals surface area (Å²) in [6, 6.07) is 11.1. The molecule has 1 N–H and O–H groups in total. The van der Waals surface area contributed by atoms with E-state index in [0.29, 0.717) is 31.6 Å². The Morgan fingerprint density at radius 3 is 2.84 bits per heavy atom. The number of benzene rings is 1. The number of hydrogen-bond donors (Lipinski definition) is 1. The van der Waals surface area contributed by atoms with Crippen molar-refractivity contribution in [3.8, 4) is 0 Å². The summed E-state index contributed by atoms with van der Waals surface area (Å²) in [5.74, 6) is 0.131. The van der Waals surface area contributed by atoms with Crippen molar-refractivity contribution < 1.29 is 14.0 Å². The van der Waals surface area contributed by atoms with Crippen LogP contribution in [0.4, 0.5) is 5.13 Å². The molecular weight excluding hydrogens is 474 g/mol. The molecule has 3 aromatic rings. The van der Waals surface area contributed by atoms with Crippen molar-refractivity contribution in [3.05, 3.63) is 75.0 Å². The van der Waals surface area contributed by atoms with Gasteiger partial charge >= 0.3 is 0 Å². The van der Waals surface area contributed by atoms with Crippen LogP contribution in [-0.2, 0) is 16.0 Å². The molecule has 158 valence electrons. The predicted octanol–water partition coefficient (Wildman–Crippen LogP) is 5.21. The molecule has 1 aliphatic rings. The molecule has 1 aliphatic heterocycles. The molecule has 4 rings (SSSR count). The first-order valence-corrected chi connectivity index (χ1v) is 11.7. The fraction of sp³-hybridized carbons (Fsp3) is 0.143. The number of hydrogen-bond acceptors (Lipinski definition) is 7. The van der Waals surface area contributed by atoms with E-state index in [0.717, 1.165) is 10.4 Å². The number of nitrogens with zero attached hydrogens (tertiary/aromatic N) is 2. The van der Waals surface area contributed by atoms with Crippen LogP contribution in [0.2, 0.25) is 5.02 Å². The average Bonchev–Trinajstić information content (AvgIpc) is 3.46. The van der Waals surface area contributed by atoms with Crippen molar-refractivity contribution in [1.29, 1.82) is 0 Å². The number of aromatic nitrogens is 1. The van der Waals surface area contributed by atoms with Crippen molar-refractivity contribution in [2.75, 3.05) is 11.9 Å². The first-order chi connectivity index (χ1) is 15.0. The molecule has 1 fully saturated rings. The Morgan fingerprint density at radius 1 is 1.29 bits per heavy atom. The Bertz CT molecular complexity index is 1140. The van der Waals surface area contributed by atoms with E-state index in [1.165, 1.54) is 34.3 Å². The van der Waals surface area contributed by atoms with Gasteiger partial charge in [0.2, 0.25) is 5.91 Å². The molecule has 3 heterocycles. The fourth-order valence-corrected chi connectivity index (χ4v) is 5.12. The minimum atomic E-state index is -0.226. The number of rotatable bonds is 7. The number of thiocarbonyl (C=S) groups is 1. The van der Waals surface area contributed by atoms with Crippen LogP contribution in [0, 0.1) is 0 Å². The maximum atomic E-state index is 12.6. The summed E-state index contributed by atoms with van der Waals surface area (Å²) in [7, 11) is 0. The summed E-state index contributed by atoms with van der Waals surface area (Å²) in [5.41, 5.74) is 1.11. The molecule has 0 radical (unpaired) electrons. The van der Waals surface area contributed by atoms with Crippen molar-refractivity contribution in [3.63, 3.8) is 0 Å². The van der Waals surface area contributed by atoms with E-state index in [1.807, 2.05) is 24.3 Å². The Hall–Kier alpha value is -2.46. The number of anilines is 1. The second-order valence-electron chi connectivity index (χ2n) is 6.58. The maximum Gasteiger partial charge on any atom is 0.266 e. The van der Waals surface area contributed by atoms with Gasteiger partial charge in [-0.2, -0.15) is 0 Å². The van der Waals surface area contributed by atoms with E-state index in [2.05, 4.69) is 10.3 Å². The van der Waals surface area contributed by atoms with Gasteiger partial charge in [0.05, 0.1) is 11.2 Å². The summed E-state index contributed by atoms with van der Waals surface area (Å²) in [6.07, 6.45) is 5.76. The van der Waals surface area contributed by atoms with E-state index < -0.39 is 0 Å².